The van der Waals surface area contributed by atoms with Gasteiger partial charge in [0.25, 0.3) is 0 Å². The van der Waals surface area contributed by atoms with E-state index in [4.69, 9.17) is 9.47 Å². The molecule has 3 heterocycles. The Balaban J connectivity index is 0.00000218. The maximum atomic E-state index is 13.8. The molecule has 6 heteroatoms. The number of rotatable bonds is 7. The van der Waals surface area contributed by atoms with Crippen molar-refractivity contribution in [3.05, 3.63) is 53.1 Å². The third-order valence-corrected chi connectivity index (χ3v) is 6.40. The lowest BCUT2D eigenvalue weighted by atomic mass is 9.76. The van der Waals surface area contributed by atoms with Crippen molar-refractivity contribution >= 4 is 24.0 Å². The van der Waals surface area contributed by atoms with Crippen LogP contribution < -0.4 is 19.7 Å². The smallest absolute Gasteiger partial charge is 0.245 e. The summed E-state index contributed by atoms with van der Waals surface area (Å²) in [6.07, 6.45) is 4.21. The number of halogens is 1. The normalized spacial score (nSPS) is 20.4. The molecule has 2 aromatic rings. The van der Waals surface area contributed by atoms with Gasteiger partial charge in [0.1, 0.15) is 23.5 Å². The Bertz CT molecular complexity index is 948. The molecule has 30 heavy (non-hydrogen) atoms. The standard InChI is InChI=1S/C24H28N2O3.ClH/c1-2-3-10-25-11-6-12-26-20-8-5-4-7-18(20)24(23(26)27)16-29-22-15-21-17(9-13-28-21)14-19(22)24;/h4-5,7-8,14-15,25H,2-3,6,9-13,16H2,1H3;1H. The molecule has 3 aliphatic rings. The highest BCUT2D eigenvalue weighted by Gasteiger charge is 2.56. The van der Waals surface area contributed by atoms with E-state index in [0.29, 0.717) is 13.2 Å². The fourth-order valence-corrected chi connectivity index (χ4v) is 4.86. The molecule has 0 aromatic heterocycles. The molecule has 0 radical (unpaired) electrons. The van der Waals surface area contributed by atoms with Gasteiger partial charge in [-0.1, -0.05) is 31.5 Å². The number of hydrogen-bond acceptors (Lipinski definition) is 4. The quantitative estimate of drug-likeness (QED) is 0.680. The lowest BCUT2D eigenvalue weighted by molar-refractivity contribution is -0.122. The maximum absolute atomic E-state index is 13.8. The Morgan fingerprint density at radius 3 is 2.77 bits per heavy atom. The number of unbranched alkanes of at least 4 members (excludes halogenated alkanes) is 1. The fourth-order valence-electron chi connectivity index (χ4n) is 4.86. The van der Waals surface area contributed by atoms with Crippen LogP contribution in [0.4, 0.5) is 5.69 Å². The number of para-hydroxylation sites is 1. The van der Waals surface area contributed by atoms with Gasteiger partial charge in [0.05, 0.1) is 6.61 Å². The SMILES string of the molecule is CCCCNCCCN1C(=O)C2(COc3cc4c(cc32)CCO4)c2ccccc21.Cl. The van der Waals surface area contributed by atoms with Gasteiger partial charge < -0.3 is 19.7 Å². The van der Waals surface area contributed by atoms with Crippen molar-refractivity contribution in [2.45, 2.75) is 38.0 Å². The summed E-state index contributed by atoms with van der Waals surface area (Å²) < 4.78 is 11.8. The van der Waals surface area contributed by atoms with Gasteiger partial charge in [-0.2, -0.15) is 0 Å². The first kappa shape index (κ1) is 21.0. The van der Waals surface area contributed by atoms with E-state index in [1.165, 1.54) is 18.4 Å². The third-order valence-electron chi connectivity index (χ3n) is 6.40. The van der Waals surface area contributed by atoms with Gasteiger partial charge >= 0.3 is 0 Å². The number of amides is 1. The molecule has 0 bridgehead atoms. The van der Waals surface area contributed by atoms with E-state index < -0.39 is 5.41 Å². The first-order valence-electron chi connectivity index (χ1n) is 10.8. The minimum atomic E-state index is -0.723. The zero-order valence-corrected chi connectivity index (χ0v) is 18.2. The number of nitrogens with zero attached hydrogens (tertiary/aromatic N) is 1. The molecule has 0 fully saturated rings. The minimum absolute atomic E-state index is 0. The van der Waals surface area contributed by atoms with Gasteiger partial charge in [0, 0.05) is 30.3 Å². The molecule has 5 nitrogen and oxygen atoms in total. The number of carbonyl (C=O) groups is 1. The van der Waals surface area contributed by atoms with E-state index in [2.05, 4.69) is 30.4 Å². The molecule has 5 rings (SSSR count). The van der Waals surface area contributed by atoms with Crippen LogP contribution in [-0.2, 0) is 16.6 Å². The Labute approximate surface area is 184 Å². The van der Waals surface area contributed by atoms with E-state index in [-0.39, 0.29) is 18.3 Å². The largest absolute Gasteiger partial charge is 0.493 e. The number of carbonyl (C=O) groups excluding carboxylic acids is 1. The van der Waals surface area contributed by atoms with Crippen molar-refractivity contribution in [1.29, 1.82) is 0 Å². The zero-order valence-electron chi connectivity index (χ0n) is 17.4. The van der Waals surface area contributed by atoms with Gasteiger partial charge in [0.15, 0.2) is 0 Å². The summed E-state index contributed by atoms with van der Waals surface area (Å²) in [6, 6.07) is 12.3. The highest BCUT2D eigenvalue weighted by Crippen LogP contribution is 2.53. The Kier molecular flexibility index (Phi) is 5.94. The highest BCUT2D eigenvalue weighted by atomic mass is 35.5. The summed E-state index contributed by atoms with van der Waals surface area (Å²) in [6.45, 7) is 5.96. The van der Waals surface area contributed by atoms with Crippen molar-refractivity contribution in [2.24, 2.45) is 0 Å². The number of fused-ring (bicyclic) bond motifs is 5. The van der Waals surface area contributed by atoms with Gasteiger partial charge in [-0.25, -0.2) is 0 Å². The molecule has 0 aliphatic carbocycles. The molecule has 1 spiro atoms. The summed E-state index contributed by atoms with van der Waals surface area (Å²) in [5.41, 5.74) is 3.56. The second-order valence-electron chi connectivity index (χ2n) is 8.18. The van der Waals surface area contributed by atoms with Crippen molar-refractivity contribution in [1.82, 2.24) is 5.32 Å². The first-order chi connectivity index (χ1) is 14.3. The molecular weight excluding hydrogens is 400 g/mol. The second-order valence-corrected chi connectivity index (χ2v) is 8.18. The Morgan fingerprint density at radius 1 is 1.07 bits per heavy atom. The molecule has 160 valence electrons. The van der Waals surface area contributed by atoms with Crippen LogP contribution in [0.15, 0.2) is 36.4 Å². The molecule has 0 saturated carbocycles. The monoisotopic (exact) mass is 428 g/mol. The zero-order chi connectivity index (χ0) is 19.8. The first-order valence-corrected chi connectivity index (χ1v) is 10.8. The number of benzene rings is 2. The van der Waals surface area contributed by atoms with Gasteiger partial charge in [0.2, 0.25) is 5.91 Å². The van der Waals surface area contributed by atoms with Crippen LogP contribution >= 0.6 is 12.4 Å². The maximum Gasteiger partial charge on any atom is 0.245 e. The minimum Gasteiger partial charge on any atom is -0.493 e. The molecular formula is C24H29ClN2O3. The molecule has 1 N–H and O–H groups in total. The highest BCUT2D eigenvalue weighted by molar-refractivity contribution is 6.11. The average Bonchev–Trinajstić information content (AvgIpc) is 3.41. The Hall–Kier alpha value is -2.24. The lowest BCUT2D eigenvalue weighted by Crippen LogP contribution is -2.43. The second kappa shape index (κ2) is 8.48. The van der Waals surface area contributed by atoms with Crippen LogP contribution in [0.3, 0.4) is 0 Å². The summed E-state index contributed by atoms with van der Waals surface area (Å²) in [5, 5.41) is 3.48. The topological polar surface area (TPSA) is 50.8 Å². The lowest BCUT2D eigenvalue weighted by Gasteiger charge is -2.23. The van der Waals surface area contributed by atoms with Crippen LogP contribution in [-0.4, -0.2) is 38.8 Å². The summed E-state index contributed by atoms with van der Waals surface area (Å²) >= 11 is 0. The number of hydrogen-bond donors (Lipinski definition) is 1. The van der Waals surface area contributed by atoms with E-state index in [0.717, 1.165) is 60.8 Å². The summed E-state index contributed by atoms with van der Waals surface area (Å²) in [4.78, 5) is 15.8. The van der Waals surface area contributed by atoms with Gasteiger partial charge in [-0.15, -0.1) is 12.4 Å². The van der Waals surface area contributed by atoms with Crippen LogP contribution in [0.1, 0.15) is 42.9 Å². The third kappa shape index (κ3) is 3.15. The number of anilines is 1. The summed E-state index contributed by atoms with van der Waals surface area (Å²) in [7, 11) is 0. The molecule has 0 saturated heterocycles. The van der Waals surface area contributed by atoms with E-state index in [1.54, 1.807) is 0 Å². The molecule has 2 aromatic carbocycles. The van der Waals surface area contributed by atoms with Crippen molar-refractivity contribution < 1.29 is 14.3 Å². The van der Waals surface area contributed by atoms with Crippen molar-refractivity contribution in [2.75, 3.05) is 37.7 Å². The summed E-state index contributed by atoms with van der Waals surface area (Å²) in [5.74, 6) is 1.83. The van der Waals surface area contributed by atoms with Crippen molar-refractivity contribution in [3.63, 3.8) is 0 Å². The van der Waals surface area contributed by atoms with E-state index in [9.17, 15) is 4.79 Å². The van der Waals surface area contributed by atoms with E-state index in [1.807, 2.05) is 23.1 Å². The number of ether oxygens (including phenoxy) is 2. The van der Waals surface area contributed by atoms with Crippen molar-refractivity contribution in [3.8, 4) is 11.5 Å². The number of nitrogens with one attached hydrogen (secondary N) is 1. The Morgan fingerprint density at radius 2 is 1.90 bits per heavy atom. The van der Waals surface area contributed by atoms with Crippen LogP contribution in [0.5, 0.6) is 11.5 Å². The van der Waals surface area contributed by atoms with Gasteiger partial charge in [-0.3, -0.25) is 4.79 Å². The predicted molar refractivity (Wildman–Crippen MR) is 120 cm³/mol. The predicted octanol–water partition coefficient (Wildman–Crippen LogP) is 3.85. The molecule has 3 aliphatic heterocycles. The average molecular weight is 429 g/mol. The molecule has 1 unspecified atom stereocenters. The molecule has 1 amide bonds. The van der Waals surface area contributed by atoms with Crippen LogP contribution in [0, 0.1) is 0 Å². The molecule has 1 atom stereocenters. The fraction of sp³-hybridized carbons (Fsp3) is 0.458. The van der Waals surface area contributed by atoms with Gasteiger partial charge in [-0.05, 0) is 49.2 Å². The van der Waals surface area contributed by atoms with Crippen LogP contribution in [0.2, 0.25) is 0 Å². The van der Waals surface area contributed by atoms with E-state index >= 15 is 0 Å². The van der Waals surface area contributed by atoms with Crippen LogP contribution in [0.25, 0.3) is 0 Å².